The first-order chi connectivity index (χ1) is 10.1. The maximum absolute atomic E-state index is 12.4. The molecule has 2 aromatic rings. The molecule has 0 aliphatic rings. The van der Waals surface area contributed by atoms with Crippen LogP contribution in [0, 0.1) is 5.92 Å². The molecule has 3 heteroatoms. The SMILES string of the molecule is CC(C)COc1ccc(N)c(C(=O)Cc2ccccc2)c1. The van der Waals surface area contributed by atoms with Crippen molar-refractivity contribution in [3.63, 3.8) is 0 Å². The number of hydrogen-bond donors (Lipinski definition) is 1. The third kappa shape index (κ3) is 4.35. The van der Waals surface area contributed by atoms with Crippen LogP contribution < -0.4 is 10.5 Å². The quantitative estimate of drug-likeness (QED) is 0.649. The third-order valence-corrected chi connectivity index (χ3v) is 3.12. The Hall–Kier alpha value is -2.29. The highest BCUT2D eigenvalue weighted by atomic mass is 16.5. The number of ketones is 1. The topological polar surface area (TPSA) is 52.3 Å². The number of nitrogen functional groups attached to an aromatic ring is 1. The van der Waals surface area contributed by atoms with Crippen LogP contribution in [-0.2, 0) is 6.42 Å². The normalized spacial score (nSPS) is 10.6. The van der Waals surface area contributed by atoms with E-state index in [2.05, 4.69) is 13.8 Å². The fourth-order valence-electron chi connectivity index (χ4n) is 2.01. The van der Waals surface area contributed by atoms with Gasteiger partial charge in [0.1, 0.15) is 5.75 Å². The molecule has 2 rings (SSSR count). The lowest BCUT2D eigenvalue weighted by molar-refractivity contribution is 0.0993. The molecule has 3 nitrogen and oxygen atoms in total. The average molecular weight is 283 g/mol. The van der Waals surface area contributed by atoms with Crippen LogP contribution in [-0.4, -0.2) is 12.4 Å². The summed E-state index contributed by atoms with van der Waals surface area (Å²) >= 11 is 0. The van der Waals surface area contributed by atoms with Gasteiger partial charge in [-0.2, -0.15) is 0 Å². The minimum Gasteiger partial charge on any atom is -0.493 e. The van der Waals surface area contributed by atoms with Crippen LogP contribution in [0.3, 0.4) is 0 Å². The predicted molar refractivity (Wildman–Crippen MR) is 85.7 cm³/mol. The van der Waals surface area contributed by atoms with E-state index in [-0.39, 0.29) is 5.78 Å². The van der Waals surface area contributed by atoms with E-state index in [0.717, 1.165) is 5.56 Å². The van der Waals surface area contributed by atoms with Crippen molar-refractivity contribution in [3.8, 4) is 5.75 Å². The Balaban J connectivity index is 2.14. The predicted octanol–water partition coefficient (Wildman–Crippen LogP) is 3.73. The fourth-order valence-corrected chi connectivity index (χ4v) is 2.01. The van der Waals surface area contributed by atoms with Gasteiger partial charge >= 0.3 is 0 Å². The van der Waals surface area contributed by atoms with Crippen molar-refractivity contribution in [1.82, 2.24) is 0 Å². The molecular weight excluding hydrogens is 262 g/mol. The molecule has 0 aliphatic heterocycles. The Bertz CT molecular complexity index is 606. The fraction of sp³-hybridized carbons (Fsp3) is 0.278. The van der Waals surface area contributed by atoms with Crippen LogP contribution in [0.2, 0.25) is 0 Å². The Morgan fingerprint density at radius 3 is 2.52 bits per heavy atom. The van der Waals surface area contributed by atoms with Gasteiger partial charge in [0.25, 0.3) is 0 Å². The van der Waals surface area contributed by atoms with Crippen LogP contribution >= 0.6 is 0 Å². The number of ether oxygens (including phenoxy) is 1. The minimum absolute atomic E-state index is 0.00805. The first-order valence-corrected chi connectivity index (χ1v) is 7.15. The second kappa shape index (κ2) is 6.93. The van der Waals surface area contributed by atoms with Crippen LogP contribution in [0.1, 0.15) is 29.8 Å². The number of nitrogens with two attached hydrogens (primary N) is 1. The standard InChI is InChI=1S/C18H21NO2/c1-13(2)12-21-15-8-9-17(19)16(11-15)18(20)10-14-6-4-3-5-7-14/h3-9,11,13H,10,12,19H2,1-2H3. The molecule has 21 heavy (non-hydrogen) atoms. The van der Waals surface area contributed by atoms with Crippen molar-refractivity contribution in [3.05, 3.63) is 59.7 Å². The zero-order chi connectivity index (χ0) is 15.2. The van der Waals surface area contributed by atoms with E-state index in [1.807, 2.05) is 30.3 Å². The first kappa shape index (κ1) is 15.1. The molecule has 0 atom stereocenters. The van der Waals surface area contributed by atoms with Gasteiger partial charge in [0.15, 0.2) is 5.78 Å². The Morgan fingerprint density at radius 1 is 1.14 bits per heavy atom. The monoisotopic (exact) mass is 283 g/mol. The van der Waals surface area contributed by atoms with Gasteiger partial charge in [-0.1, -0.05) is 44.2 Å². The molecule has 0 bridgehead atoms. The largest absolute Gasteiger partial charge is 0.493 e. The van der Waals surface area contributed by atoms with Gasteiger partial charge in [0.05, 0.1) is 6.61 Å². The molecule has 0 radical (unpaired) electrons. The highest BCUT2D eigenvalue weighted by Crippen LogP contribution is 2.22. The molecule has 0 unspecified atom stereocenters. The van der Waals surface area contributed by atoms with Gasteiger partial charge in [-0.15, -0.1) is 0 Å². The molecule has 0 amide bonds. The van der Waals surface area contributed by atoms with Gasteiger partial charge in [-0.25, -0.2) is 0 Å². The second-order valence-corrected chi connectivity index (χ2v) is 5.54. The van der Waals surface area contributed by atoms with Gasteiger partial charge in [0, 0.05) is 17.7 Å². The molecule has 0 heterocycles. The van der Waals surface area contributed by atoms with Crippen LogP contribution in [0.15, 0.2) is 48.5 Å². The Morgan fingerprint density at radius 2 is 1.86 bits per heavy atom. The lowest BCUT2D eigenvalue weighted by atomic mass is 10.0. The average Bonchev–Trinajstić information content (AvgIpc) is 2.47. The van der Waals surface area contributed by atoms with E-state index in [1.165, 1.54) is 0 Å². The van der Waals surface area contributed by atoms with E-state index in [0.29, 0.717) is 35.9 Å². The summed E-state index contributed by atoms with van der Waals surface area (Å²) in [5.41, 5.74) is 7.93. The summed E-state index contributed by atoms with van der Waals surface area (Å²) < 4.78 is 5.66. The zero-order valence-electron chi connectivity index (χ0n) is 12.5. The summed E-state index contributed by atoms with van der Waals surface area (Å²) in [6.07, 6.45) is 0.346. The summed E-state index contributed by atoms with van der Waals surface area (Å²) in [4.78, 5) is 12.4. The maximum Gasteiger partial charge on any atom is 0.169 e. The molecular formula is C18H21NO2. The summed E-state index contributed by atoms with van der Waals surface area (Å²) in [6, 6.07) is 14.9. The molecule has 0 aliphatic carbocycles. The number of carbonyl (C=O) groups is 1. The summed E-state index contributed by atoms with van der Waals surface area (Å²) in [5, 5.41) is 0. The summed E-state index contributed by atoms with van der Waals surface area (Å²) in [7, 11) is 0. The second-order valence-electron chi connectivity index (χ2n) is 5.54. The van der Waals surface area contributed by atoms with Crippen molar-refractivity contribution in [1.29, 1.82) is 0 Å². The number of benzene rings is 2. The van der Waals surface area contributed by atoms with Crippen LogP contribution in [0.25, 0.3) is 0 Å². The smallest absolute Gasteiger partial charge is 0.169 e. The number of carbonyl (C=O) groups excluding carboxylic acids is 1. The van der Waals surface area contributed by atoms with Gasteiger partial charge in [0.2, 0.25) is 0 Å². The highest BCUT2D eigenvalue weighted by Gasteiger charge is 2.12. The number of hydrogen-bond acceptors (Lipinski definition) is 3. The van der Waals surface area contributed by atoms with Crippen LogP contribution in [0.5, 0.6) is 5.75 Å². The zero-order valence-corrected chi connectivity index (χ0v) is 12.5. The number of anilines is 1. The van der Waals surface area contributed by atoms with E-state index < -0.39 is 0 Å². The number of rotatable bonds is 6. The van der Waals surface area contributed by atoms with E-state index in [1.54, 1.807) is 18.2 Å². The van der Waals surface area contributed by atoms with Gasteiger partial charge in [-0.05, 0) is 29.7 Å². The van der Waals surface area contributed by atoms with Gasteiger partial charge in [-0.3, -0.25) is 4.79 Å². The van der Waals surface area contributed by atoms with Crippen LogP contribution in [0.4, 0.5) is 5.69 Å². The van der Waals surface area contributed by atoms with E-state index in [9.17, 15) is 4.79 Å². The summed E-state index contributed by atoms with van der Waals surface area (Å²) in [5.74, 6) is 1.13. The third-order valence-electron chi connectivity index (χ3n) is 3.12. The van der Waals surface area contributed by atoms with Crippen molar-refractivity contribution in [2.45, 2.75) is 20.3 Å². The Kier molecular flexibility index (Phi) is 4.99. The Labute approximate surface area is 125 Å². The highest BCUT2D eigenvalue weighted by molar-refractivity contribution is 6.02. The van der Waals surface area contributed by atoms with Crippen molar-refractivity contribution >= 4 is 11.5 Å². The molecule has 0 fully saturated rings. The molecule has 0 saturated heterocycles. The molecule has 0 saturated carbocycles. The summed E-state index contributed by atoms with van der Waals surface area (Å²) in [6.45, 7) is 4.79. The molecule has 2 N–H and O–H groups in total. The lowest BCUT2D eigenvalue weighted by Crippen LogP contribution is -2.09. The molecule has 0 spiro atoms. The van der Waals surface area contributed by atoms with Crippen molar-refractivity contribution in [2.75, 3.05) is 12.3 Å². The molecule has 2 aromatic carbocycles. The first-order valence-electron chi connectivity index (χ1n) is 7.15. The van der Waals surface area contributed by atoms with E-state index >= 15 is 0 Å². The van der Waals surface area contributed by atoms with Crippen molar-refractivity contribution in [2.24, 2.45) is 5.92 Å². The van der Waals surface area contributed by atoms with Crippen molar-refractivity contribution < 1.29 is 9.53 Å². The van der Waals surface area contributed by atoms with Gasteiger partial charge < -0.3 is 10.5 Å². The lowest BCUT2D eigenvalue weighted by Gasteiger charge is -2.11. The molecule has 110 valence electrons. The molecule has 0 aromatic heterocycles. The maximum atomic E-state index is 12.4. The minimum atomic E-state index is 0.00805. The number of Topliss-reactive ketones (excluding diaryl/α,β-unsaturated/α-hetero) is 1. The van der Waals surface area contributed by atoms with E-state index in [4.69, 9.17) is 10.5 Å².